The first-order valence-corrected chi connectivity index (χ1v) is 7.23. The number of furan rings is 1. The lowest BCUT2D eigenvalue weighted by Gasteiger charge is -2.10. The van der Waals surface area contributed by atoms with Crippen LogP contribution >= 0.6 is 11.8 Å². The Hall–Kier alpha value is -2.35. The molecular formula is C13H13N5O2S. The van der Waals surface area contributed by atoms with E-state index in [-0.39, 0.29) is 11.2 Å². The van der Waals surface area contributed by atoms with Gasteiger partial charge in [-0.25, -0.2) is 15.0 Å². The van der Waals surface area contributed by atoms with Crippen molar-refractivity contribution in [1.29, 1.82) is 0 Å². The fourth-order valence-corrected chi connectivity index (χ4v) is 2.69. The number of carbonyl (C=O) groups excluding carboxylic acids is 1. The van der Waals surface area contributed by atoms with Gasteiger partial charge in [0.15, 0.2) is 5.65 Å². The molecule has 0 fully saturated rings. The quantitative estimate of drug-likeness (QED) is 0.550. The molecule has 0 aliphatic rings. The lowest BCUT2D eigenvalue weighted by molar-refractivity contribution is -0.120. The number of thioether (sulfide) groups is 1. The second-order valence-corrected chi connectivity index (χ2v) is 5.67. The lowest BCUT2D eigenvalue weighted by atomic mass is 10.4. The van der Waals surface area contributed by atoms with E-state index in [0.29, 0.717) is 17.2 Å². The van der Waals surface area contributed by atoms with Gasteiger partial charge >= 0.3 is 0 Å². The highest BCUT2D eigenvalue weighted by Gasteiger charge is 2.17. The molecule has 3 heterocycles. The molecule has 2 N–H and O–H groups in total. The molecule has 3 aromatic heterocycles. The third kappa shape index (κ3) is 3.05. The van der Waals surface area contributed by atoms with Crippen molar-refractivity contribution in [3.63, 3.8) is 0 Å². The van der Waals surface area contributed by atoms with E-state index >= 15 is 0 Å². The van der Waals surface area contributed by atoms with Crippen molar-refractivity contribution >= 4 is 28.8 Å². The molecule has 3 aromatic rings. The van der Waals surface area contributed by atoms with E-state index in [2.05, 4.69) is 25.3 Å². The largest absolute Gasteiger partial charge is 0.467 e. The zero-order chi connectivity index (χ0) is 14.7. The minimum atomic E-state index is -0.290. The lowest BCUT2D eigenvalue weighted by Crippen LogP contribution is -2.30. The molecule has 21 heavy (non-hydrogen) atoms. The Labute approximate surface area is 124 Å². The number of nitrogens with one attached hydrogen (secondary N) is 2. The molecule has 0 bridgehead atoms. The predicted molar refractivity (Wildman–Crippen MR) is 77.6 cm³/mol. The van der Waals surface area contributed by atoms with Crippen LogP contribution in [0.1, 0.15) is 12.7 Å². The number of hydrogen-bond acceptors (Lipinski definition) is 6. The van der Waals surface area contributed by atoms with Gasteiger partial charge in [-0.15, -0.1) is 0 Å². The standard InChI is InChI=1S/C13H13N5O2S/c1-8(12(19)14-5-9-3-2-4-20-9)21-13-10-11(16-6-15-10)17-7-18-13/h2-4,6-8H,5H2,1H3,(H,14,19)(H,15,16,17,18)/t8-/m1/s1. The monoisotopic (exact) mass is 303 g/mol. The normalized spacial score (nSPS) is 12.4. The number of nitrogens with zero attached hydrogens (tertiary/aromatic N) is 3. The fourth-order valence-electron chi connectivity index (χ4n) is 1.78. The first kappa shape index (κ1) is 13.6. The van der Waals surface area contributed by atoms with Crippen LogP contribution < -0.4 is 5.32 Å². The van der Waals surface area contributed by atoms with Gasteiger partial charge < -0.3 is 14.7 Å². The van der Waals surface area contributed by atoms with Crippen molar-refractivity contribution in [3.8, 4) is 0 Å². The number of fused-ring (bicyclic) bond motifs is 1. The van der Waals surface area contributed by atoms with Gasteiger partial charge in [0.05, 0.1) is 24.4 Å². The molecule has 0 spiro atoms. The van der Waals surface area contributed by atoms with Crippen LogP contribution in [0.2, 0.25) is 0 Å². The summed E-state index contributed by atoms with van der Waals surface area (Å²) >= 11 is 1.36. The highest BCUT2D eigenvalue weighted by molar-refractivity contribution is 8.00. The highest BCUT2D eigenvalue weighted by Crippen LogP contribution is 2.25. The van der Waals surface area contributed by atoms with E-state index in [1.165, 1.54) is 18.1 Å². The summed E-state index contributed by atoms with van der Waals surface area (Å²) in [6, 6.07) is 3.60. The number of aromatic nitrogens is 4. The summed E-state index contributed by atoms with van der Waals surface area (Å²) in [4.78, 5) is 27.4. The molecule has 0 aliphatic heterocycles. The summed E-state index contributed by atoms with van der Waals surface area (Å²) in [7, 11) is 0. The molecule has 3 rings (SSSR count). The maximum Gasteiger partial charge on any atom is 0.233 e. The molecule has 0 unspecified atom stereocenters. The molecule has 1 amide bonds. The average Bonchev–Trinajstić information content (AvgIpc) is 3.16. The molecule has 0 saturated heterocycles. The van der Waals surface area contributed by atoms with Crippen LogP contribution in [-0.2, 0) is 11.3 Å². The van der Waals surface area contributed by atoms with Gasteiger partial charge in [-0.05, 0) is 19.1 Å². The van der Waals surface area contributed by atoms with Gasteiger partial charge in [0.1, 0.15) is 22.6 Å². The maximum absolute atomic E-state index is 12.1. The van der Waals surface area contributed by atoms with Gasteiger partial charge in [-0.3, -0.25) is 4.79 Å². The van der Waals surface area contributed by atoms with Crippen molar-refractivity contribution in [2.75, 3.05) is 0 Å². The van der Waals surface area contributed by atoms with E-state index in [1.54, 1.807) is 18.7 Å². The van der Waals surface area contributed by atoms with E-state index in [4.69, 9.17) is 4.42 Å². The number of aromatic amines is 1. The van der Waals surface area contributed by atoms with Crippen LogP contribution in [-0.4, -0.2) is 31.1 Å². The van der Waals surface area contributed by atoms with Gasteiger partial charge in [0.25, 0.3) is 0 Å². The summed E-state index contributed by atoms with van der Waals surface area (Å²) in [5.41, 5.74) is 1.34. The molecule has 0 radical (unpaired) electrons. The smallest absolute Gasteiger partial charge is 0.233 e. The Kier molecular flexibility index (Phi) is 3.87. The topological polar surface area (TPSA) is 96.7 Å². The third-order valence-corrected chi connectivity index (χ3v) is 3.96. The Balaban J connectivity index is 1.64. The van der Waals surface area contributed by atoms with Crippen molar-refractivity contribution in [3.05, 3.63) is 36.8 Å². The fraction of sp³-hybridized carbons (Fsp3) is 0.231. The van der Waals surface area contributed by atoms with Gasteiger partial charge in [0.2, 0.25) is 5.91 Å². The third-order valence-electron chi connectivity index (χ3n) is 2.86. The van der Waals surface area contributed by atoms with Gasteiger partial charge in [-0.1, -0.05) is 11.8 Å². The van der Waals surface area contributed by atoms with Crippen LogP contribution in [0, 0.1) is 0 Å². The summed E-state index contributed by atoms with van der Waals surface area (Å²) in [6.45, 7) is 2.20. The van der Waals surface area contributed by atoms with Crippen LogP contribution in [0.25, 0.3) is 11.2 Å². The molecule has 0 aromatic carbocycles. The Bertz CT molecular complexity index is 740. The Morgan fingerprint density at radius 3 is 3.19 bits per heavy atom. The van der Waals surface area contributed by atoms with Crippen LogP contribution in [0.4, 0.5) is 0 Å². The van der Waals surface area contributed by atoms with E-state index in [9.17, 15) is 4.79 Å². The molecule has 1 atom stereocenters. The Morgan fingerprint density at radius 1 is 1.48 bits per heavy atom. The van der Waals surface area contributed by atoms with Crippen molar-refractivity contribution in [2.24, 2.45) is 0 Å². The number of hydrogen-bond donors (Lipinski definition) is 2. The summed E-state index contributed by atoms with van der Waals surface area (Å²) in [6.07, 6.45) is 4.58. The molecular weight excluding hydrogens is 290 g/mol. The number of rotatable bonds is 5. The number of carbonyl (C=O) groups is 1. The van der Waals surface area contributed by atoms with E-state index < -0.39 is 0 Å². The predicted octanol–water partition coefficient (Wildman–Crippen LogP) is 1.74. The summed E-state index contributed by atoms with van der Waals surface area (Å²) in [5.74, 6) is 0.640. The SMILES string of the molecule is C[C@@H](Sc1ncnc2nc[nH]c12)C(=O)NCc1ccco1. The zero-order valence-corrected chi connectivity index (χ0v) is 12.1. The molecule has 8 heteroatoms. The molecule has 7 nitrogen and oxygen atoms in total. The van der Waals surface area contributed by atoms with Crippen LogP contribution in [0.5, 0.6) is 0 Å². The van der Waals surface area contributed by atoms with Crippen molar-refractivity contribution in [1.82, 2.24) is 25.3 Å². The highest BCUT2D eigenvalue weighted by atomic mass is 32.2. The van der Waals surface area contributed by atoms with Crippen molar-refractivity contribution < 1.29 is 9.21 Å². The van der Waals surface area contributed by atoms with Gasteiger partial charge in [-0.2, -0.15) is 0 Å². The minimum absolute atomic E-state index is 0.0809. The zero-order valence-electron chi connectivity index (χ0n) is 11.2. The number of imidazole rings is 1. The molecule has 0 aliphatic carbocycles. The minimum Gasteiger partial charge on any atom is -0.467 e. The van der Waals surface area contributed by atoms with Crippen molar-refractivity contribution in [2.45, 2.75) is 23.7 Å². The second kappa shape index (κ2) is 5.96. The van der Waals surface area contributed by atoms with Crippen LogP contribution in [0.3, 0.4) is 0 Å². The average molecular weight is 303 g/mol. The van der Waals surface area contributed by atoms with E-state index in [0.717, 1.165) is 11.3 Å². The summed E-state index contributed by atoms with van der Waals surface area (Å²) in [5, 5.41) is 3.24. The van der Waals surface area contributed by atoms with E-state index in [1.807, 2.05) is 13.0 Å². The van der Waals surface area contributed by atoms with Crippen LogP contribution in [0.15, 0.2) is 40.5 Å². The second-order valence-electron chi connectivity index (χ2n) is 4.34. The number of amides is 1. The first-order valence-electron chi connectivity index (χ1n) is 6.35. The summed E-state index contributed by atoms with van der Waals surface area (Å²) < 4.78 is 5.17. The number of H-pyrrole nitrogens is 1. The molecule has 108 valence electrons. The Morgan fingerprint density at radius 2 is 2.38 bits per heavy atom. The van der Waals surface area contributed by atoms with Gasteiger partial charge in [0, 0.05) is 0 Å². The molecule has 0 saturated carbocycles. The maximum atomic E-state index is 12.1. The first-order chi connectivity index (χ1) is 10.2.